The summed E-state index contributed by atoms with van der Waals surface area (Å²) in [5.41, 5.74) is 7.14. The highest BCUT2D eigenvalue weighted by Gasteiger charge is 2.40. The number of hydrogen-bond donors (Lipinski definition) is 4. The van der Waals surface area contributed by atoms with E-state index in [-0.39, 0.29) is 48.2 Å². The molecule has 3 heterocycles. The molecule has 3 unspecified atom stereocenters. The number of piperidine rings is 1. The van der Waals surface area contributed by atoms with Gasteiger partial charge in [-0.05, 0) is 50.3 Å². The van der Waals surface area contributed by atoms with Gasteiger partial charge in [-0.25, -0.2) is 4.98 Å². The van der Waals surface area contributed by atoms with Gasteiger partial charge in [0.2, 0.25) is 23.5 Å². The lowest BCUT2D eigenvalue weighted by atomic mass is 9.79. The van der Waals surface area contributed by atoms with E-state index in [4.69, 9.17) is 11.1 Å². The largest absolute Gasteiger partial charge is 0.387 e. The molecule has 2 saturated heterocycles. The van der Waals surface area contributed by atoms with Gasteiger partial charge in [0.05, 0.1) is 12.4 Å². The highest BCUT2D eigenvalue weighted by Crippen LogP contribution is 2.26. The number of carbonyl (C=O) groups is 4. The summed E-state index contributed by atoms with van der Waals surface area (Å²) in [7, 11) is 0. The molecule has 1 aromatic carbocycles. The van der Waals surface area contributed by atoms with Crippen molar-refractivity contribution in [2.75, 3.05) is 39.3 Å². The molecule has 4 rings (SSSR count). The maximum Gasteiger partial charge on any atom is 0.243 e. The Morgan fingerprint density at radius 2 is 1.92 bits per heavy atom. The first kappa shape index (κ1) is 28.4. The van der Waals surface area contributed by atoms with Gasteiger partial charge in [0.1, 0.15) is 19.1 Å². The van der Waals surface area contributed by atoms with E-state index in [1.54, 1.807) is 5.38 Å². The third-order valence-corrected chi connectivity index (χ3v) is 8.02. The molecular formula is C27H35N7O4S. The van der Waals surface area contributed by atoms with Crippen LogP contribution in [0.1, 0.15) is 34.6 Å². The minimum Gasteiger partial charge on any atom is -0.387 e. The molecule has 5 N–H and O–H groups in total. The fourth-order valence-corrected chi connectivity index (χ4v) is 5.86. The molecule has 0 saturated carbocycles. The van der Waals surface area contributed by atoms with Crippen molar-refractivity contribution in [2.24, 2.45) is 17.6 Å². The number of carbonyl (C=O) groups excluding carboxylic acids is 4. The Morgan fingerprint density at radius 1 is 1.18 bits per heavy atom. The van der Waals surface area contributed by atoms with E-state index in [0.29, 0.717) is 13.1 Å². The molecular weight excluding hydrogens is 518 g/mol. The predicted molar refractivity (Wildman–Crippen MR) is 147 cm³/mol. The van der Waals surface area contributed by atoms with E-state index in [2.05, 4.69) is 15.6 Å². The quantitative estimate of drug-likeness (QED) is 0.171. The topological polar surface area (TPSA) is 162 Å². The molecule has 1 aromatic heterocycles. The summed E-state index contributed by atoms with van der Waals surface area (Å²) in [6.07, 6.45) is 4.66. The van der Waals surface area contributed by atoms with E-state index in [0.717, 1.165) is 43.6 Å². The first-order chi connectivity index (χ1) is 18.8. The standard InChI is InChI=1S/C27H35N7O4S/c28-26(29)23(19-9-4-10-30-14-19)24(25(38)27-31-11-13-39-27)32-20(35)15-34-17-21(36)33(16-22(34)37)12-5-8-18-6-2-1-3-7-18/h1-3,6-7,11,13,19,23-24,30H,4-5,8-10,12,14-17H2,(H3,28,29)(H,32,35). The minimum absolute atomic E-state index is 0.0911. The molecule has 208 valence electrons. The molecule has 2 aliphatic rings. The van der Waals surface area contributed by atoms with Crippen LogP contribution in [0.15, 0.2) is 41.9 Å². The van der Waals surface area contributed by atoms with E-state index < -0.39 is 23.7 Å². The molecule has 0 bridgehead atoms. The van der Waals surface area contributed by atoms with Gasteiger partial charge in [0.25, 0.3) is 0 Å². The number of amides is 3. The van der Waals surface area contributed by atoms with Gasteiger partial charge in [0, 0.05) is 24.0 Å². The molecule has 2 aliphatic heterocycles. The van der Waals surface area contributed by atoms with E-state index >= 15 is 0 Å². The van der Waals surface area contributed by atoms with Crippen molar-refractivity contribution in [3.8, 4) is 0 Å². The number of aryl methyl sites for hydroxylation is 1. The molecule has 0 spiro atoms. The Labute approximate surface area is 231 Å². The van der Waals surface area contributed by atoms with Crippen LogP contribution in [0.3, 0.4) is 0 Å². The van der Waals surface area contributed by atoms with Crippen LogP contribution in [-0.4, -0.2) is 89.4 Å². The van der Waals surface area contributed by atoms with Crippen molar-refractivity contribution < 1.29 is 19.2 Å². The number of nitrogens with two attached hydrogens (primary N) is 1. The lowest BCUT2D eigenvalue weighted by molar-refractivity contribution is -0.151. The number of hydrogen-bond acceptors (Lipinski definition) is 8. The number of thiazole rings is 1. The summed E-state index contributed by atoms with van der Waals surface area (Å²) < 4.78 is 0. The van der Waals surface area contributed by atoms with Gasteiger partial charge in [-0.1, -0.05) is 30.3 Å². The van der Waals surface area contributed by atoms with Crippen LogP contribution in [0, 0.1) is 17.2 Å². The van der Waals surface area contributed by atoms with Crippen molar-refractivity contribution >= 4 is 40.7 Å². The fourth-order valence-electron chi connectivity index (χ4n) is 5.25. The van der Waals surface area contributed by atoms with Crippen LogP contribution in [-0.2, 0) is 20.8 Å². The zero-order valence-corrected chi connectivity index (χ0v) is 22.6. The average molecular weight is 554 g/mol. The van der Waals surface area contributed by atoms with Gasteiger partial charge < -0.3 is 26.2 Å². The number of nitrogens with one attached hydrogen (secondary N) is 3. The normalized spacial score (nSPS) is 19.4. The molecule has 3 atom stereocenters. The number of amidine groups is 1. The van der Waals surface area contributed by atoms with Crippen LogP contribution >= 0.6 is 11.3 Å². The highest BCUT2D eigenvalue weighted by molar-refractivity contribution is 7.11. The number of rotatable bonds is 12. The van der Waals surface area contributed by atoms with Gasteiger partial charge >= 0.3 is 0 Å². The van der Waals surface area contributed by atoms with Crippen molar-refractivity contribution in [1.82, 2.24) is 25.4 Å². The molecule has 0 radical (unpaired) electrons. The molecule has 0 aliphatic carbocycles. The monoisotopic (exact) mass is 553 g/mol. The zero-order chi connectivity index (χ0) is 27.8. The molecule has 2 aromatic rings. The molecule has 2 fully saturated rings. The third-order valence-electron chi connectivity index (χ3n) is 7.23. The third kappa shape index (κ3) is 7.48. The number of Topliss-reactive ketones (excluding diaryl/α,β-unsaturated/α-hetero) is 1. The SMILES string of the molecule is N=C(N)C(C1CCCNC1)C(NC(=O)CN1CC(=O)N(CCCc2ccccc2)CC1=O)C(=O)c1nccs1. The van der Waals surface area contributed by atoms with Crippen LogP contribution in [0.4, 0.5) is 0 Å². The first-order valence-electron chi connectivity index (χ1n) is 13.2. The smallest absolute Gasteiger partial charge is 0.243 e. The zero-order valence-electron chi connectivity index (χ0n) is 21.8. The van der Waals surface area contributed by atoms with Gasteiger partial charge in [-0.15, -0.1) is 11.3 Å². The van der Waals surface area contributed by atoms with E-state index in [9.17, 15) is 19.2 Å². The number of ketones is 1. The number of benzene rings is 1. The molecule has 12 heteroatoms. The second-order valence-electron chi connectivity index (χ2n) is 9.99. The van der Waals surface area contributed by atoms with Gasteiger partial charge in [-0.3, -0.25) is 24.6 Å². The number of nitrogens with zero attached hydrogens (tertiary/aromatic N) is 3. The number of aromatic nitrogens is 1. The highest BCUT2D eigenvalue weighted by atomic mass is 32.1. The summed E-state index contributed by atoms with van der Waals surface area (Å²) in [6, 6.07) is 8.83. The lowest BCUT2D eigenvalue weighted by Gasteiger charge is -2.36. The van der Waals surface area contributed by atoms with Crippen molar-refractivity contribution in [3.63, 3.8) is 0 Å². The van der Waals surface area contributed by atoms with Crippen molar-refractivity contribution in [3.05, 3.63) is 52.5 Å². The maximum absolute atomic E-state index is 13.4. The average Bonchev–Trinajstić information content (AvgIpc) is 3.47. The summed E-state index contributed by atoms with van der Waals surface area (Å²) in [5.74, 6) is -2.58. The minimum atomic E-state index is -1.10. The second-order valence-corrected chi connectivity index (χ2v) is 10.9. The lowest BCUT2D eigenvalue weighted by Crippen LogP contribution is -2.59. The van der Waals surface area contributed by atoms with E-state index in [1.807, 2.05) is 30.3 Å². The Kier molecular flexibility index (Phi) is 9.77. The predicted octanol–water partition coefficient (Wildman–Crippen LogP) is 0.666. The molecule has 39 heavy (non-hydrogen) atoms. The first-order valence-corrected chi connectivity index (χ1v) is 14.1. The van der Waals surface area contributed by atoms with Crippen molar-refractivity contribution in [1.29, 1.82) is 5.41 Å². The summed E-state index contributed by atoms with van der Waals surface area (Å²) in [6.45, 7) is 1.21. The fraction of sp³-hybridized carbons (Fsp3) is 0.481. The summed E-state index contributed by atoms with van der Waals surface area (Å²) >= 11 is 1.15. The van der Waals surface area contributed by atoms with Gasteiger partial charge in [0.15, 0.2) is 5.01 Å². The van der Waals surface area contributed by atoms with Gasteiger partial charge in [-0.2, -0.15) is 0 Å². The molecule has 3 amide bonds. The maximum atomic E-state index is 13.4. The van der Waals surface area contributed by atoms with Crippen LogP contribution in [0.5, 0.6) is 0 Å². The van der Waals surface area contributed by atoms with Crippen LogP contribution in [0.25, 0.3) is 0 Å². The second kappa shape index (κ2) is 13.4. The van der Waals surface area contributed by atoms with Crippen LogP contribution in [0.2, 0.25) is 0 Å². The van der Waals surface area contributed by atoms with E-state index in [1.165, 1.54) is 21.6 Å². The van der Waals surface area contributed by atoms with Crippen molar-refractivity contribution in [2.45, 2.75) is 31.7 Å². The summed E-state index contributed by atoms with van der Waals surface area (Å²) in [4.78, 5) is 59.0. The van der Waals surface area contributed by atoms with Crippen LogP contribution < -0.4 is 16.4 Å². The molecule has 11 nitrogen and oxygen atoms in total. The Morgan fingerprint density at radius 3 is 2.59 bits per heavy atom. The summed E-state index contributed by atoms with van der Waals surface area (Å²) in [5, 5.41) is 16.1. The Balaban J connectivity index is 1.38. The Bertz CT molecular complexity index is 1170. The number of piperazine rings is 1. The Hall–Kier alpha value is -3.64.